The summed E-state index contributed by atoms with van der Waals surface area (Å²) >= 11 is 12.8. The van der Waals surface area contributed by atoms with E-state index in [1.54, 1.807) is 55.7 Å². The summed E-state index contributed by atoms with van der Waals surface area (Å²) in [6.07, 6.45) is 1.95. The second-order valence-electron chi connectivity index (χ2n) is 20.1. The third-order valence-corrected chi connectivity index (χ3v) is 15.7. The quantitative estimate of drug-likeness (QED) is 0.0176. The van der Waals surface area contributed by atoms with Gasteiger partial charge in [0.05, 0.1) is 97.4 Å². The molecule has 5 aromatic rings. The van der Waals surface area contributed by atoms with Crippen molar-refractivity contribution >= 4 is 99.8 Å². The highest BCUT2D eigenvalue weighted by Crippen LogP contribution is 2.39. The number of urea groups is 1. The first-order valence-electron chi connectivity index (χ1n) is 27.7. The molecule has 1 unspecified atom stereocenters. The third kappa shape index (κ3) is 19.2. The van der Waals surface area contributed by atoms with E-state index in [1.807, 2.05) is 48.5 Å². The number of carbonyl (C=O) groups excluding carboxylic acids is 5. The zero-order valence-electron chi connectivity index (χ0n) is 47.7. The van der Waals surface area contributed by atoms with Crippen LogP contribution in [0.3, 0.4) is 0 Å². The molecule has 5 N–H and O–H groups in total. The van der Waals surface area contributed by atoms with E-state index in [9.17, 15) is 28.5 Å². The van der Waals surface area contributed by atoms with Crippen molar-refractivity contribution in [3.63, 3.8) is 0 Å². The van der Waals surface area contributed by atoms with Gasteiger partial charge < -0.3 is 78.4 Å². The third-order valence-electron chi connectivity index (χ3n) is 13.7. The van der Waals surface area contributed by atoms with Gasteiger partial charge in [-0.05, 0) is 73.3 Å². The second-order valence-corrected chi connectivity index (χ2v) is 24.1. The number of piperidine rings is 1. The smallest absolute Gasteiger partial charge is 0.319 e. The maximum atomic E-state index is 13.0. The van der Waals surface area contributed by atoms with Gasteiger partial charge in [0.15, 0.2) is 5.82 Å². The Morgan fingerprint density at radius 1 is 0.753 bits per heavy atom. The topological polar surface area (TPSA) is 272 Å². The maximum absolute atomic E-state index is 13.0. The number of fused-ring (bicyclic) bond motifs is 1. The van der Waals surface area contributed by atoms with Crippen molar-refractivity contribution in [3.8, 4) is 11.5 Å². The SMILES string of the molecule is COc1cc(N2CCN(C(=O)COCCOCCOCCOCCOCCOCCOc3cc(Cl)cc(NC(=O)NCc4ccc5c(c4)CN(C4CCC(=O)NC4=O)C5=O)c3)CC2)ccc1Nc1ncc(Cl)c(Nc2ccccc2P(C)(C)=O)n1. The lowest BCUT2D eigenvalue weighted by Gasteiger charge is -2.36. The first kappa shape index (κ1) is 63.9. The van der Waals surface area contributed by atoms with Gasteiger partial charge in [0.2, 0.25) is 23.7 Å². The van der Waals surface area contributed by atoms with Gasteiger partial charge in [0.1, 0.15) is 42.9 Å². The number of carbonyl (C=O) groups is 5. The number of ether oxygens (including phenoxy) is 8. The number of aromatic nitrogens is 2. The maximum Gasteiger partial charge on any atom is 0.319 e. The fourth-order valence-corrected chi connectivity index (χ4v) is 10.9. The zero-order valence-corrected chi connectivity index (χ0v) is 50.1. The van der Waals surface area contributed by atoms with E-state index in [2.05, 4.69) is 41.5 Å². The van der Waals surface area contributed by atoms with Crippen molar-refractivity contribution in [3.05, 3.63) is 112 Å². The summed E-state index contributed by atoms with van der Waals surface area (Å²) in [6.45, 7) is 10.4. The van der Waals surface area contributed by atoms with Crippen molar-refractivity contribution in [2.24, 2.45) is 0 Å². The summed E-state index contributed by atoms with van der Waals surface area (Å²) in [4.78, 5) is 77.1. The van der Waals surface area contributed by atoms with Crippen molar-refractivity contribution in [2.45, 2.75) is 32.0 Å². The molecule has 2 fully saturated rings. The van der Waals surface area contributed by atoms with Crippen LogP contribution in [0.4, 0.5) is 39.3 Å². The summed E-state index contributed by atoms with van der Waals surface area (Å²) in [5.41, 5.74) is 4.67. The van der Waals surface area contributed by atoms with Crippen LogP contribution in [-0.4, -0.2) is 188 Å². The van der Waals surface area contributed by atoms with Gasteiger partial charge in [0.25, 0.3) is 5.91 Å². The molecular weight excluding hydrogens is 1160 g/mol. The number of hydrogen-bond acceptors (Lipinski definition) is 19. The Morgan fingerprint density at radius 2 is 1.42 bits per heavy atom. The van der Waals surface area contributed by atoms with Crippen LogP contribution >= 0.6 is 30.3 Å². The number of para-hydroxylation sites is 1. The van der Waals surface area contributed by atoms with Gasteiger partial charge in [-0.3, -0.25) is 24.5 Å². The van der Waals surface area contributed by atoms with E-state index in [4.69, 9.17) is 61.1 Å². The number of benzene rings is 4. The number of amides is 6. The van der Waals surface area contributed by atoms with Crippen LogP contribution in [0.5, 0.6) is 11.5 Å². The molecule has 2 saturated heterocycles. The average Bonchev–Trinajstić information content (AvgIpc) is 2.23. The number of imide groups is 1. The summed E-state index contributed by atoms with van der Waals surface area (Å²) < 4.78 is 57.9. The lowest BCUT2D eigenvalue weighted by Crippen LogP contribution is -2.52. The van der Waals surface area contributed by atoms with E-state index in [1.165, 1.54) is 11.1 Å². The molecule has 4 aromatic carbocycles. The molecular formula is C58H71Cl2N10O14P. The molecule has 1 atom stereocenters. The first-order valence-corrected chi connectivity index (χ1v) is 31.1. The van der Waals surface area contributed by atoms with Crippen LogP contribution in [0, 0.1) is 0 Å². The summed E-state index contributed by atoms with van der Waals surface area (Å²) in [6, 6.07) is 22.1. The molecule has 6 amide bonds. The monoisotopic (exact) mass is 1230 g/mol. The highest BCUT2D eigenvalue weighted by Gasteiger charge is 2.39. The van der Waals surface area contributed by atoms with Gasteiger partial charge in [-0.2, -0.15) is 4.98 Å². The summed E-state index contributed by atoms with van der Waals surface area (Å²) in [5.74, 6) is 0.519. The van der Waals surface area contributed by atoms with E-state index >= 15 is 0 Å². The number of methoxy groups -OCH3 is 1. The fourth-order valence-electron chi connectivity index (χ4n) is 9.39. The second kappa shape index (κ2) is 31.9. The molecule has 3 aliphatic heterocycles. The van der Waals surface area contributed by atoms with E-state index in [0.717, 1.165) is 16.8 Å². The Hall–Kier alpha value is -7.12. The van der Waals surface area contributed by atoms with E-state index < -0.39 is 25.1 Å². The standard InChI is InChI=1S/C58H71Cl2N10O14P/c1-77-50-34-43(9-11-47(50)65-57-61-36-46(60)54(67-57)64-48-6-4-5-7-51(48)85(2,3)76)68-14-16-69(17-15-68)53(72)38-83-27-26-81-23-22-79-19-18-78-20-21-80-24-25-82-28-29-84-44-32-41(59)31-42(33-44)63-58(75)62-35-39-8-10-45-40(30-39)37-70(56(45)74)49-12-13-52(71)66-55(49)73/h4-11,30-34,36,49H,12-29,35,37-38H2,1-3H3,(H2,62,63,75)(H,66,71,73)(H2,61,64,65,67). The van der Waals surface area contributed by atoms with E-state index in [-0.39, 0.29) is 69.4 Å². The largest absolute Gasteiger partial charge is 0.494 e. The summed E-state index contributed by atoms with van der Waals surface area (Å²) in [5, 5.41) is 15.7. The van der Waals surface area contributed by atoms with Crippen LogP contribution < -0.4 is 46.3 Å². The predicted octanol–water partition coefficient (Wildman–Crippen LogP) is 6.44. The van der Waals surface area contributed by atoms with Crippen molar-refractivity contribution in [2.75, 3.05) is 153 Å². The minimum absolute atomic E-state index is 0.0320. The highest BCUT2D eigenvalue weighted by molar-refractivity contribution is 7.70. The molecule has 0 saturated carbocycles. The fraction of sp³-hybridized carbons (Fsp3) is 0.431. The highest BCUT2D eigenvalue weighted by atomic mass is 35.5. The minimum atomic E-state index is -2.58. The molecule has 4 heterocycles. The van der Waals surface area contributed by atoms with Gasteiger partial charge in [-0.25, -0.2) is 9.78 Å². The molecule has 85 heavy (non-hydrogen) atoms. The Balaban J connectivity index is 0.592. The lowest BCUT2D eigenvalue weighted by molar-refractivity contribution is -0.138. The lowest BCUT2D eigenvalue weighted by atomic mass is 10.0. The molecule has 0 radical (unpaired) electrons. The van der Waals surface area contributed by atoms with Gasteiger partial charge >= 0.3 is 6.03 Å². The number of nitrogens with one attached hydrogen (secondary N) is 5. The first-order chi connectivity index (χ1) is 41.1. The van der Waals surface area contributed by atoms with E-state index in [0.29, 0.717) is 148 Å². The van der Waals surface area contributed by atoms with Crippen molar-refractivity contribution in [1.82, 2.24) is 30.4 Å². The van der Waals surface area contributed by atoms with Gasteiger partial charge in [0, 0.05) is 85.1 Å². The zero-order chi connectivity index (χ0) is 60.1. The molecule has 3 aliphatic rings. The van der Waals surface area contributed by atoms with Crippen LogP contribution in [0.25, 0.3) is 0 Å². The number of nitrogens with zero attached hydrogens (tertiary/aromatic N) is 5. The molecule has 0 bridgehead atoms. The van der Waals surface area contributed by atoms with Crippen molar-refractivity contribution < 1.29 is 66.4 Å². The van der Waals surface area contributed by atoms with Crippen LogP contribution in [0.2, 0.25) is 10.0 Å². The molecule has 0 spiro atoms. The normalized spacial score (nSPS) is 15.1. The van der Waals surface area contributed by atoms with Crippen LogP contribution in [-0.2, 0) is 60.5 Å². The predicted molar refractivity (Wildman–Crippen MR) is 321 cm³/mol. The van der Waals surface area contributed by atoms with Gasteiger partial charge in [-0.15, -0.1) is 0 Å². The Morgan fingerprint density at radius 3 is 2.09 bits per heavy atom. The number of anilines is 6. The van der Waals surface area contributed by atoms with Crippen molar-refractivity contribution in [1.29, 1.82) is 0 Å². The molecule has 27 heteroatoms. The number of piperazine rings is 1. The van der Waals surface area contributed by atoms with Crippen LogP contribution in [0.15, 0.2) is 85.1 Å². The average molecular weight is 1230 g/mol. The van der Waals surface area contributed by atoms with Gasteiger partial charge in [-0.1, -0.05) is 47.5 Å². The number of hydrogen-bond donors (Lipinski definition) is 5. The van der Waals surface area contributed by atoms with Crippen LogP contribution in [0.1, 0.15) is 34.3 Å². The Labute approximate surface area is 503 Å². The Bertz CT molecular complexity index is 3170. The number of halogens is 2. The number of rotatable bonds is 32. The molecule has 8 rings (SSSR count). The molecule has 1 aromatic heterocycles. The molecule has 24 nitrogen and oxygen atoms in total. The molecule has 0 aliphatic carbocycles. The minimum Gasteiger partial charge on any atom is -0.494 e. The Kier molecular flexibility index (Phi) is 23.9. The summed E-state index contributed by atoms with van der Waals surface area (Å²) in [7, 11) is -0.989. The molecule has 456 valence electrons.